The van der Waals surface area contributed by atoms with Crippen LogP contribution in [0.5, 0.6) is 0 Å². The summed E-state index contributed by atoms with van der Waals surface area (Å²) >= 11 is 0. The van der Waals surface area contributed by atoms with Gasteiger partial charge in [0.2, 0.25) is 0 Å². The zero-order chi connectivity index (χ0) is 9.68. The van der Waals surface area contributed by atoms with E-state index in [1.54, 1.807) is 0 Å². The summed E-state index contributed by atoms with van der Waals surface area (Å²) in [5.41, 5.74) is 3.52. The Morgan fingerprint density at radius 2 is 2.15 bits per heavy atom. The number of nitrogens with zero attached hydrogens (tertiary/aromatic N) is 1. The molecule has 0 N–H and O–H groups in total. The molecule has 0 unspecified atom stereocenters. The molecule has 68 valence electrons. The van der Waals surface area contributed by atoms with Crippen LogP contribution in [0.2, 0.25) is 0 Å². The van der Waals surface area contributed by atoms with Crippen molar-refractivity contribution in [2.75, 3.05) is 0 Å². The van der Waals surface area contributed by atoms with E-state index in [1.165, 1.54) is 11.1 Å². The first-order valence-corrected chi connectivity index (χ1v) is 4.46. The van der Waals surface area contributed by atoms with Crippen LogP contribution in [-0.4, -0.2) is 5.71 Å². The van der Waals surface area contributed by atoms with Gasteiger partial charge in [0.05, 0.1) is 0 Å². The third kappa shape index (κ3) is 2.86. The number of hydrogen-bond donors (Lipinski definition) is 0. The Balaban J connectivity index is 2.94. The Hall–Kier alpha value is -1.37. The molecule has 0 saturated carbocycles. The molecule has 0 aliphatic carbocycles. The molecule has 0 bridgehead atoms. The minimum Gasteiger partial charge on any atom is -0.261 e. The summed E-state index contributed by atoms with van der Waals surface area (Å²) in [5, 5.41) is 0. The zero-order valence-corrected chi connectivity index (χ0v) is 8.41. The number of benzene rings is 1. The standard InChI is InChI=1S/C12H15N/c1-4-8-13-11(3)12-7-5-6-10(2)9-12/h4-9H,1-3H3/b8-4+,13-11?. The predicted molar refractivity (Wildman–Crippen MR) is 58.2 cm³/mol. The van der Waals surface area contributed by atoms with Gasteiger partial charge in [-0.15, -0.1) is 0 Å². The Morgan fingerprint density at radius 1 is 1.38 bits per heavy atom. The number of aryl methyl sites for hydroxylation is 1. The molecule has 13 heavy (non-hydrogen) atoms. The molecule has 1 heteroatoms. The maximum Gasteiger partial charge on any atom is 0.0444 e. The van der Waals surface area contributed by atoms with Gasteiger partial charge < -0.3 is 0 Å². The number of hydrogen-bond acceptors (Lipinski definition) is 1. The molecule has 0 aliphatic rings. The maximum atomic E-state index is 4.29. The fourth-order valence-electron chi connectivity index (χ4n) is 1.13. The van der Waals surface area contributed by atoms with E-state index in [4.69, 9.17) is 0 Å². The van der Waals surface area contributed by atoms with E-state index in [0.717, 1.165) is 5.71 Å². The first-order chi connectivity index (χ1) is 6.24. The highest BCUT2D eigenvalue weighted by atomic mass is 14.7. The van der Waals surface area contributed by atoms with E-state index in [9.17, 15) is 0 Å². The van der Waals surface area contributed by atoms with Gasteiger partial charge in [-0.25, -0.2) is 0 Å². The number of aliphatic imine (C=N–C) groups is 1. The lowest BCUT2D eigenvalue weighted by Gasteiger charge is -1.99. The Labute approximate surface area is 79.8 Å². The van der Waals surface area contributed by atoms with Crippen LogP contribution in [0.1, 0.15) is 25.0 Å². The van der Waals surface area contributed by atoms with Crippen LogP contribution in [-0.2, 0) is 0 Å². The van der Waals surface area contributed by atoms with Gasteiger partial charge in [-0.05, 0) is 26.3 Å². The van der Waals surface area contributed by atoms with Gasteiger partial charge in [0.15, 0.2) is 0 Å². The minimum atomic E-state index is 1.06. The van der Waals surface area contributed by atoms with E-state index in [-0.39, 0.29) is 0 Å². The SMILES string of the molecule is C/C=C/N=C(C)c1cccc(C)c1. The fraction of sp³-hybridized carbons (Fsp3) is 0.250. The van der Waals surface area contributed by atoms with Crippen molar-refractivity contribution in [1.29, 1.82) is 0 Å². The van der Waals surface area contributed by atoms with Crippen LogP contribution in [0.25, 0.3) is 0 Å². The highest BCUT2D eigenvalue weighted by Gasteiger charge is 1.94. The monoisotopic (exact) mass is 173 g/mol. The summed E-state index contributed by atoms with van der Waals surface area (Å²) in [6, 6.07) is 8.36. The first-order valence-electron chi connectivity index (χ1n) is 4.46. The summed E-state index contributed by atoms with van der Waals surface area (Å²) in [6.45, 7) is 6.08. The second kappa shape index (κ2) is 4.61. The van der Waals surface area contributed by atoms with Gasteiger partial charge in [0, 0.05) is 11.9 Å². The molecule has 0 amide bonds. The largest absolute Gasteiger partial charge is 0.261 e. The molecule has 0 radical (unpaired) electrons. The summed E-state index contributed by atoms with van der Waals surface area (Å²) in [6.07, 6.45) is 3.75. The van der Waals surface area contributed by atoms with Gasteiger partial charge in [-0.3, -0.25) is 4.99 Å². The van der Waals surface area contributed by atoms with Crippen LogP contribution >= 0.6 is 0 Å². The summed E-state index contributed by atoms with van der Waals surface area (Å²) in [7, 11) is 0. The molecule has 1 aromatic carbocycles. The molecular formula is C12H15N. The fourth-order valence-corrected chi connectivity index (χ4v) is 1.13. The minimum absolute atomic E-state index is 1.06. The average Bonchev–Trinajstić information content (AvgIpc) is 2.14. The zero-order valence-electron chi connectivity index (χ0n) is 8.41. The van der Waals surface area contributed by atoms with Crippen molar-refractivity contribution in [2.24, 2.45) is 4.99 Å². The highest BCUT2D eigenvalue weighted by Crippen LogP contribution is 2.05. The van der Waals surface area contributed by atoms with Crippen LogP contribution in [0.15, 0.2) is 41.5 Å². The van der Waals surface area contributed by atoms with Gasteiger partial charge in [-0.1, -0.05) is 35.9 Å². The Morgan fingerprint density at radius 3 is 2.77 bits per heavy atom. The van der Waals surface area contributed by atoms with E-state index < -0.39 is 0 Å². The number of allylic oxidation sites excluding steroid dienone is 1. The molecule has 0 aromatic heterocycles. The average molecular weight is 173 g/mol. The first kappa shape index (κ1) is 9.72. The topological polar surface area (TPSA) is 12.4 Å². The highest BCUT2D eigenvalue weighted by molar-refractivity contribution is 5.99. The van der Waals surface area contributed by atoms with E-state index >= 15 is 0 Å². The lowest BCUT2D eigenvalue weighted by molar-refractivity contribution is 1.42. The van der Waals surface area contributed by atoms with Crippen LogP contribution in [0.3, 0.4) is 0 Å². The second-order valence-electron chi connectivity index (χ2n) is 3.07. The van der Waals surface area contributed by atoms with E-state index in [1.807, 2.05) is 26.1 Å². The Bertz CT molecular complexity index is 335. The van der Waals surface area contributed by atoms with Crippen molar-refractivity contribution >= 4 is 5.71 Å². The normalized spacial score (nSPS) is 12.4. The number of rotatable bonds is 2. The molecule has 0 fully saturated rings. The van der Waals surface area contributed by atoms with Gasteiger partial charge in [0.25, 0.3) is 0 Å². The van der Waals surface area contributed by atoms with Gasteiger partial charge in [-0.2, -0.15) is 0 Å². The molecule has 1 aromatic rings. The molecular weight excluding hydrogens is 158 g/mol. The van der Waals surface area contributed by atoms with E-state index in [2.05, 4.69) is 36.2 Å². The maximum absolute atomic E-state index is 4.29. The summed E-state index contributed by atoms with van der Waals surface area (Å²) in [4.78, 5) is 4.29. The van der Waals surface area contributed by atoms with Crippen molar-refractivity contribution in [3.8, 4) is 0 Å². The molecule has 0 saturated heterocycles. The lowest BCUT2D eigenvalue weighted by Crippen LogP contribution is -1.93. The van der Waals surface area contributed by atoms with Crippen molar-refractivity contribution in [1.82, 2.24) is 0 Å². The van der Waals surface area contributed by atoms with Gasteiger partial charge >= 0.3 is 0 Å². The van der Waals surface area contributed by atoms with Crippen LogP contribution in [0.4, 0.5) is 0 Å². The van der Waals surface area contributed by atoms with Crippen LogP contribution in [0, 0.1) is 6.92 Å². The van der Waals surface area contributed by atoms with Crippen molar-refractivity contribution in [3.63, 3.8) is 0 Å². The predicted octanol–water partition coefficient (Wildman–Crippen LogP) is 3.34. The summed E-state index contributed by atoms with van der Waals surface area (Å²) in [5.74, 6) is 0. The van der Waals surface area contributed by atoms with Crippen LogP contribution < -0.4 is 0 Å². The van der Waals surface area contributed by atoms with Gasteiger partial charge in [0.1, 0.15) is 0 Å². The Kier molecular flexibility index (Phi) is 3.44. The molecule has 1 rings (SSSR count). The van der Waals surface area contributed by atoms with Crippen molar-refractivity contribution in [3.05, 3.63) is 47.7 Å². The molecule has 0 spiro atoms. The molecule has 0 heterocycles. The molecule has 1 nitrogen and oxygen atoms in total. The molecule has 0 aliphatic heterocycles. The lowest BCUT2D eigenvalue weighted by atomic mass is 10.1. The third-order valence-corrected chi connectivity index (χ3v) is 1.85. The third-order valence-electron chi connectivity index (χ3n) is 1.85. The summed E-state index contributed by atoms with van der Waals surface area (Å²) < 4.78 is 0. The quantitative estimate of drug-likeness (QED) is 0.608. The second-order valence-corrected chi connectivity index (χ2v) is 3.07. The molecule has 0 atom stereocenters. The smallest absolute Gasteiger partial charge is 0.0444 e. The van der Waals surface area contributed by atoms with Crippen molar-refractivity contribution in [2.45, 2.75) is 20.8 Å². The van der Waals surface area contributed by atoms with E-state index in [0.29, 0.717) is 0 Å². The van der Waals surface area contributed by atoms with Crippen molar-refractivity contribution < 1.29 is 0 Å².